The van der Waals surface area contributed by atoms with Crippen LogP contribution in [0, 0.1) is 3.70 Å². The fourth-order valence-corrected chi connectivity index (χ4v) is 4.72. The highest BCUT2D eigenvalue weighted by atomic mass is 127. The van der Waals surface area contributed by atoms with Gasteiger partial charge in [-0.1, -0.05) is 23.2 Å². The molecule has 0 saturated carbocycles. The lowest BCUT2D eigenvalue weighted by atomic mass is 10.1. The Hall–Kier alpha value is -1.29. The third-order valence-corrected chi connectivity index (χ3v) is 6.35. The molecule has 4 rings (SSSR count). The summed E-state index contributed by atoms with van der Waals surface area (Å²) >= 11 is 15.4. The van der Waals surface area contributed by atoms with E-state index in [-0.39, 0.29) is 6.23 Å². The number of nitrogens with zero attached hydrogens (tertiary/aromatic N) is 3. The van der Waals surface area contributed by atoms with Gasteiger partial charge in [0, 0.05) is 24.4 Å². The van der Waals surface area contributed by atoms with Crippen molar-refractivity contribution in [1.29, 1.82) is 0 Å². The van der Waals surface area contributed by atoms with E-state index < -0.39 is 0 Å². The highest BCUT2D eigenvalue weighted by molar-refractivity contribution is 14.1. The van der Waals surface area contributed by atoms with Gasteiger partial charge < -0.3 is 14.2 Å². The minimum Gasteiger partial charge on any atom is -0.495 e. The lowest BCUT2D eigenvalue weighted by Gasteiger charge is -2.23. The number of ether oxygens (including phenoxy) is 3. The second-order valence-corrected chi connectivity index (χ2v) is 8.21. The van der Waals surface area contributed by atoms with Gasteiger partial charge in [-0.05, 0) is 47.9 Å². The molecule has 1 unspecified atom stereocenters. The number of hydrogen-bond donors (Lipinski definition) is 0. The van der Waals surface area contributed by atoms with Crippen LogP contribution in [-0.2, 0) is 4.74 Å². The third-order valence-electron chi connectivity index (χ3n) is 4.80. The van der Waals surface area contributed by atoms with Crippen molar-refractivity contribution in [3.05, 3.63) is 32.1 Å². The summed E-state index contributed by atoms with van der Waals surface area (Å²) in [6, 6.07) is 3.60. The van der Waals surface area contributed by atoms with Gasteiger partial charge in [0.2, 0.25) is 0 Å². The Labute approximate surface area is 186 Å². The molecule has 2 aromatic heterocycles. The second kappa shape index (κ2) is 8.22. The molecule has 1 aliphatic rings. The minimum absolute atomic E-state index is 0.0826. The molecule has 0 radical (unpaired) electrons. The number of rotatable bonds is 4. The molecule has 28 heavy (non-hydrogen) atoms. The van der Waals surface area contributed by atoms with Crippen molar-refractivity contribution in [3.8, 4) is 22.8 Å². The summed E-state index contributed by atoms with van der Waals surface area (Å²) in [4.78, 5) is 4.59. The van der Waals surface area contributed by atoms with Gasteiger partial charge in [-0.25, -0.2) is 4.68 Å². The Morgan fingerprint density at radius 3 is 2.46 bits per heavy atom. The van der Waals surface area contributed by atoms with Gasteiger partial charge in [0.25, 0.3) is 0 Å². The van der Waals surface area contributed by atoms with Crippen LogP contribution in [0.2, 0.25) is 10.0 Å². The average molecular weight is 534 g/mol. The maximum Gasteiger partial charge on any atom is 0.150 e. The van der Waals surface area contributed by atoms with Gasteiger partial charge in [-0.2, -0.15) is 5.10 Å². The van der Waals surface area contributed by atoms with Gasteiger partial charge in [-0.15, -0.1) is 0 Å². The van der Waals surface area contributed by atoms with Gasteiger partial charge in [-0.3, -0.25) is 4.98 Å². The second-order valence-electron chi connectivity index (χ2n) is 6.43. The van der Waals surface area contributed by atoms with Crippen molar-refractivity contribution in [2.75, 3.05) is 20.8 Å². The molecule has 0 N–H and O–H groups in total. The van der Waals surface area contributed by atoms with E-state index >= 15 is 0 Å². The SMILES string of the molecule is COc1cc(OC)c(Cl)c(-c2cc3c(cn2)c(I)nn3C2CCCCO2)c1Cl. The predicted octanol–water partition coefficient (Wildman–Crippen LogP) is 5.73. The van der Waals surface area contributed by atoms with Crippen LogP contribution in [0.25, 0.3) is 22.2 Å². The van der Waals surface area contributed by atoms with E-state index in [1.54, 1.807) is 26.5 Å². The van der Waals surface area contributed by atoms with E-state index in [9.17, 15) is 0 Å². The van der Waals surface area contributed by atoms with Crippen LogP contribution in [0.15, 0.2) is 18.3 Å². The first-order chi connectivity index (χ1) is 13.5. The van der Waals surface area contributed by atoms with Crippen molar-refractivity contribution in [2.45, 2.75) is 25.5 Å². The molecule has 6 nitrogen and oxygen atoms in total. The smallest absolute Gasteiger partial charge is 0.150 e. The summed E-state index contributed by atoms with van der Waals surface area (Å²) in [5.41, 5.74) is 2.11. The number of methoxy groups -OCH3 is 2. The summed E-state index contributed by atoms with van der Waals surface area (Å²) in [6.45, 7) is 0.741. The van der Waals surface area contributed by atoms with Crippen molar-refractivity contribution in [3.63, 3.8) is 0 Å². The van der Waals surface area contributed by atoms with Gasteiger partial charge >= 0.3 is 0 Å². The summed E-state index contributed by atoms with van der Waals surface area (Å²) in [5, 5.41) is 6.41. The van der Waals surface area contributed by atoms with Crippen LogP contribution in [0.1, 0.15) is 25.5 Å². The monoisotopic (exact) mass is 533 g/mol. The number of aromatic nitrogens is 3. The summed E-state index contributed by atoms with van der Waals surface area (Å²) in [6.07, 6.45) is 4.83. The molecule has 3 heterocycles. The fourth-order valence-electron chi connectivity index (χ4n) is 3.38. The molecule has 1 atom stereocenters. The van der Waals surface area contributed by atoms with Crippen LogP contribution < -0.4 is 9.47 Å². The number of fused-ring (bicyclic) bond motifs is 1. The zero-order chi connectivity index (χ0) is 19.8. The van der Waals surface area contributed by atoms with E-state index in [0.29, 0.717) is 32.8 Å². The standard InChI is InChI=1S/C19H18Cl2IN3O3/c1-26-13-8-14(27-2)18(21)16(17(13)20)11-7-12-10(9-23-11)19(22)24-25(12)15-5-3-4-6-28-15/h7-9,15H,3-6H2,1-2H3. The third kappa shape index (κ3) is 3.42. The van der Waals surface area contributed by atoms with Crippen molar-refractivity contribution in [2.24, 2.45) is 0 Å². The van der Waals surface area contributed by atoms with E-state index in [4.69, 9.17) is 37.4 Å². The topological polar surface area (TPSA) is 58.4 Å². The number of benzene rings is 1. The van der Waals surface area contributed by atoms with Crippen molar-refractivity contribution >= 4 is 56.7 Å². The minimum atomic E-state index is -0.0826. The van der Waals surface area contributed by atoms with Crippen LogP contribution in [-0.4, -0.2) is 35.6 Å². The quantitative estimate of drug-likeness (QED) is 0.401. The van der Waals surface area contributed by atoms with Gasteiger partial charge in [0.05, 0.1) is 40.9 Å². The fraction of sp³-hybridized carbons (Fsp3) is 0.368. The first kappa shape index (κ1) is 20.0. The lowest BCUT2D eigenvalue weighted by Crippen LogP contribution is -2.19. The molecule has 1 aromatic carbocycles. The summed E-state index contributed by atoms with van der Waals surface area (Å²) in [7, 11) is 3.10. The average Bonchev–Trinajstić information content (AvgIpc) is 3.05. The molecule has 0 bridgehead atoms. The molecule has 1 saturated heterocycles. The molecule has 3 aromatic rings. The van der Waals surface area contributed by atoms with E-state index in [2.05, 4.69) is 32.7 Å². The van der Waals surface area contributed by atoms with E-state index in [0.717, 1.165) is 40.5 Å². The van der Waals surface area contributed by atoms with Gasteiger partial charge in [0.1, 0.15) is 15.2 Å². The summed E-state index contributed by atoms with van der Waals surface area (Å²) in [5.74, 6) is 0.942. The van der Waals surface area contributed by atoms with Crippen LogP contribution in [0.4, 0.5) is 0 Å². The maximum absolute atomic E-state index is 6.57. The van der Waals surface area contributed by atoms with E-state index in [1.165, 1.54) is 0 Å². The molecule has 1 aliphatic heterocycles. The Morgan fingerprint density at radius 2 is 1.86 bits per heavy atom. The number of halogens is 3. The molecular formula is C19H18Cl2IN3O3. The lowest BCUT2D eigenvalue weighted by molar-refractivity contribution is -0.0368. The Bertz CT molecular complexity index is 1010. The van der Waals surface area contributed by atoms with Crippen LogP contribution >= 0.6 is 45.8 Å². The molecule has 9 heteroatoms. The number of hydrogen-bond acceptors (Lipinski definition) is 5. The van der Waals surface area contributed by atoms with Crippen molar-refractivity contribution < 1.29 is 14.2 Å². The Morgan fingerprint density at radius 1 is 1.14 bits per heavy atom. The molecular weight excluding hydrogens is 516 g/mol. The normalized spacial score (nSPS) is 17.1. The van der Waals surface area contributed by atoms with E-state index in [1.807, 2.05) is 10.7 Å². The summed E-state index contributed by atoms with van der Waals surface area (Å²) < 4.78 is 19.5. The zero-order valence-electron chi connectivity index (χ0n) is 15.3. The maximum atomic E-state index is 6.57. The Balaban J connectivity index is 1.91. The highest BCUT2D eigenvalue weighted by Crippen LogP contribution is 2.46. The molecule has 1 fully saturated rings. The molecule has 0 amide bonds. The molecule has 0 spiro atoms. The predicted molar refractivity (Wildman–Crippen MR) is 118 cm³/mol. The molecule has 0 aliphatic carbocycles. The largest absolute Gasteiger partial charge is 0.495 e. The highest BCUT2D eigenvalue weighted by Gasteiger charge is 2.24. The van der Waals surface area contributed by atoms with Crippen LogP contribution in [0.5, 0.6) is 11.5 Å². The number of pyridine rings is 1. The van der Waals surface area contributed by atoms with Crippen molar-refractivity contribution in [1.82, 2.24) is 14.8 Å². The first-order valence-corrected chi connectivity index (χ1v) is 10.6. The van der Waals surface area contributed by atoms with Crippen LogP contribution in [0.3, 0.4) is 0 Å². The Kier molecular flexibility index (Phi) is 5.87. The van der Waals surface area contributed by atoms with Gasteiger partial charge in [0.15, 0.2) is 6.23 Å². The molecule has 148 valence electrons. The zero-order valence-corrected chi connectivity index (χ0v) is 19.0. The first-order valence-electron chi connectivity index (χ1n) is 8.80.